The molecule has 1 heteroatoms. The summed E-state index contributed by atoms with van der Waals surface area (Å²) in [6, 6.07) is 10.5. The maximum absolute atomic E-state index is 6.04. The fourth-order valence-electron chi connectivity index (χ4n) is 2.17. The summed E-state index contributed by atoms with van der Waals surface area (Å²) in [6.07, 6.45) is 7.19. The smallest absolute Gasteiger partial charge is 0.0828 e. The predicted molar refractivity (Wildman–Crippen MR) is 62.7 cm³/mol. The Morgan fingerprint density at radius 1 is 1.27 bits per heavy atom. The van der Waals surface area contributed by atoms with Crippen molar-refractivity contribution in [1.82, 2.24) is 0 Å². The molecular formula is C14H18O. The summed E-state index contributed by atoms with van der Waals surface area (Å²) < 4.78 is 6.04. The highest BCUT2D eigenvalue weighted by molar-refractivity contribution is 5.17. The van der Waals surface area contributed by atoms with Gasteiger partial charge in [-0.15, -0.1) is 6.58 Å². The van der Waals surface area contributed by atoms with Crippen molar-refractivity contribution in [2.45, 2.75) is 37.9 Å². The molecule has 1 fully saturated rings. The highest BCUT2D eigenvalue weighted by Gasteiger charge is 2.22. The van der Waals surface area contributed by atoms with E-state index in [4.69, 9.17) is 4.74 Å². The normalized spacial score (nSPS) is 26.1. The van der Waals surface area contributed by atoms with E-state index in [0.29, 0.717) is 12.2 Å². The highest BCUT2D eigenvalue weighted by Crippen LogP contribution is 2.32. The van der Waals surface area contributed by atoms with Crippen LogP contribution in [-0.4, -0.2) is 6.10 Å². The van der Waals surface area contributed by atoms with Gasteiger partial charge in [-0.1, -0.05) is 36.4 Å². The first-order chi connectivity index (χ1) is 7.40. The average molecular weight is 202 g/mol. The van der Waals surface area contributed by atoms with E-state index in [0.717, 1.165) is 12.8 Å². The predicted octanol–water partition coefficient (Wildman–Crippen LogP) is 3.87. The van der Waals surface area contributed by atoms with Crippen molar-refractivity contribution in [1.29, 1.82) is 0 Å². The van der Waals surface area contributed by atoms with Gasteiger partial charge in [0.25, 0.3) is 0 Å². The molecule has 0 amide bonds. The van der Waals surface area contributed by atoms with Crippen molar-refractivity contribution in [2.75, 3.05) is 0 Å². The van der Waals surface area contributed by atoms with Crippen LogP contribution in [0.2, 0.25) is 0 Å². The molecule has 0 unspecified atom stereocenters. The topological polar surface area (TPSA) is 9.23 Å². The van der Waals surface area contributed by atoms with E-state index in [-0.39, 0.29) is 0 Å². The Morgan fingerprint density at radius 3 is 2.80 bits per heavy atom. The molecule has 0 saturated carbocycles. The SMILES string of the molecule is C=CC[C@@H]1CCC[C@H](c2ccccc2)O1. The summed E-state index contributed by atoms with van der Waals surface area (Å²) in [4.78, 5) is 0. The third-order valence-electron chi connectivity index (χ3n) is 2.95. The van der Waals surface area contributed by atoms with Crippen LogP contribution in [0.1, 0.15) is 37.4 Å². The molecular weight excluding hydrogens is 184 g/mol. The third kappa shape index (κ3) is 2.69. The molecule has 2 rings (SSSR count). The van der Waals surface area contributed by atoms with Gasteiger partial charge in [-0.2, -0.15) is 0 Å². The Balaban J connectivity index is 2.01. The zero-order chi connectivity index (χ0) is 10.5. The number of ether oxygens (including phenoxy) is 1. The molecule has 0 radical (unpaired) electrons. The van der Waals surface area contributed by atoms with E-state index in [1.807, 2.05) is 12.1 Å². The minimum atomic E-state index is 0.296. The first-order valence-electron chi connectivity index (χ1n) is 5.71. The van der Waals surface area contributed by atoms with E-state index in [1.54, 1.807) is 0 Å². The van der Waals surface area contributed by atoms with Gasteiger partial charge in [0.15, 0.2) is 0 Å². The Morgan fingerprint density at radius 2 is 2.07 bits per heavy atom. The van der Waals surface area contributed by atoms with Crippen molar-refractivity contribution in [3.05, 3.63) is 48.6 Å². The second kappa shape index (κ2) is 5.13. The van der Waals surface area contributed by atoms with Gasteiger partial charge >= 0.3 is 0 Å². The maximum Gasteiger partial charge on any atom is 0.0828 e. The lowest BCUT2D eigenvalue weighted by molar-refractivity contribution is -0.0493. The van der Waals surface area contributed by atoms with Crippen molar-refractivity contribution in [3.63, 3.8) is 0 Å². The van der Waals surface area contributed by atoms with E-state index in [2.05, 4.69) is 30.8 Å². The van der Waals surface area contributed by atoms with Gasteiger partial charge < -0.3 is 4.74 Å². The Hall–Kier alpha value is -1.08. The van der Waals surface area contributed by atoms with Crippen LogP contribution in [0.25, 0.3) is 0 Å². The van der Waals surface area contributed by atoms with Crippen molar-refractivity contribution >= 4 is 0 Å². The molecule has 1 heterocycles. The van der Waals surface area contributed by atoms with Crippen LogP contribution < -0.4 is 0 Å². The highest BCUT2D eigenvalue weighted by atomic mass is 16.5. The van der Waals surface area contributed by atoms with Crippen molar-refractivity contribution in [3.8, 4) is 0 Å². The second-order valence-corrected chi connectivity index (χ2v) is 4.11. The minimum Gasteiger partial charge on any atom is -0.370 e. The van der Waals surface area contributed by atoms with Crippen LogP contribution in [0.15, 0.2) is 43.0 Å². The molecule has 0 N–H and O–H groups in total. The monoisotopic (exact) mass is 202 g/mol. The van der Waals surface area contributed by atoms with Crippen LogP contribution >= 0.6 is 0 Å². The molecule has 1 aromatic rings. The quantitative estimate of drug-likeness (QED) is 0.676. The molecule has 0 aliphatic carbocycles. The lowest BCUT2D eigenvalue weighted by atomic mass is 9.97. The van der Waals surface area contributed by atoms with Gasteiger partial charge in [0, 0.05) is 0 Å². The largest absolute Gasteiger partial charge is 0.370 e. The zero-order valence-corrected chi connectivity index (χ0v) is 9.06. The van der Waals surface area contributed by atoms with Crippen molar-refractivity contribution in [2.24, 2.45) is 0 Å². The molecule has 1 aliphatic heterocycles. The third-order valence-corrected chi connectivity index (χ3v) is 2.95. The number of hydrogen-bond acceptors (Lipinski definition) is 1. The number of hydrogen-bond donors (Lipinski definition) is 0. The van der Waals surface area contributed by atoms with Crippen LogP contribution in [0, 0.1) is 0 Å². The summed E-state index contributed by atoms with van der Waals surface area (Å²) in [5, 5.41) is 0. The van der Waals surface area contributed by atoms with E-state index < -0.39 is 0 Å². The first-order valence-corrected chi connectivity index (χ1v) is 5.71. The molecule has 0 bridgehead atoms. The Labute approximate surface area is 91.8 Å². The van der Waals surface area contributed by atoms with Crippen LogP contribution in [0.3, 0.4) is 0 Å². The molecule has 1 nitrogen and oxygen atoms in total. The Kier molecular flexibility index (Phi) is 3.57. The lowest BCUT2D eigenvalue weighted by Gasteiger charge is -2.29. The molecule has 80 valence electrons. The molecule has 0 spiro atoms. The van der Waals surface area contributed by atoms with E-state index in [1.165, 1.54) is 18.4 Å². The van der Waals surface area contributed by atoms with Crippen LogP contribution in [-0.2, 0) is 4.74 Å². The van der Waals surface area contributed by atoms with Gasteiger partial charge in [-0.25, -0.2) is 0 Å². The summed E-state index contributed by atoms with van der Waals surface area (Å²) >= 11 is 0. The lowest BCUT2D eigenvalue weighted by Crippen LogP contribution is -2.21. The zero-order valence-electron chi connectivity index (χ0n) is 9.06. The average Bonchev–Trinajstić information content (AvgIpc) is 2.31. The van der Waals surface area contributed by atoms with Gasteiger partial charge in [0.2, 0.25) is 0 Å². The second-order valence-electron chi connectivity index (χ2n) is 4.11. The molecule has 2 atom stereocenters. The standard InChI is InChI=1S/C14H18O/c1-2-7-13-10-6-11-14(15-13)12-8-4-3-5-9-12/h2-5,8-9,13-14H,1,6-7,10-11H2/t13-,14-/m1/s1. The van der Waals surface area contributed by atoms with Gasteiger partial charge in [-0.05, 0) is 31.2 Å². The molecule has 1 saturated heterocycles. The number of benzene rings is 1. The van der Waals surface area contributed by atoms with E-state index >= 15 is 0 Å². The van der Waals surface area contributed by atoms with E-state index in [9.17, 15) is 0 Å². The first kappa shape index (κ1) is 10.4. The maximum atomic E-state index is 6.04. The molecule has 0 aromatic heterocycles. The van der Waals surface area contributed by atoms with Gasteiger partial charge in [0.05, 0.1) is 12.2 Å². The summed E-state index contributed by atoms with van der Waals surface area (Å²) in [6.45, 7) is 3.77. The minimum absolute atomic E-state index is 0.296. The number of rotatable bonds is 3. The van der Waals surface area contributed by atoms with Crippen molar-refractivity contribution < 1.29 is 4.74 Å². The summed E-state index contributed by atoms with van der Waals surface area (Å²) in [5.41, 5.74) is 1.31. The molecule has 15 heavy (non-hydrogen) atoms. The van der Waals surface area contributed by atoms with Gasteiger partial charge in [0.1, 0.15) is 0 Å². The Bertz CT molecular complexity index is 304. The van der Waals surface area contributed by atoms with Crippen LogP contribution in [0.4, 0.5) is 0 Å². The molecule has 1 aliphatic rings. The molecule has 1 aromatic carbocycles. The summed E-state index contributed by atoms with van der Waals surface area (Å²) in [7, 11) is 0. The fraction of sp³-hybridized carbons (Fsp3) is 0.429. The van der Waals surface area contributed by atoms with Crippen LogP contribution in [0.5, 0.6) is 0 Å². The fourth-order valence-corrected chi connectivity index (χ4v) is 2.17. The van der Waals surface area contributed by atoms with Gasteiger partial charge in [-0.3, -0.25) is 0 Å². The summed E-state index contributed by atoms with van der Waals surface area (Å²) in [5.74, 6) is 0.